The summed E-state index contributed by atoms with van der Waals surface area (Å²) in [4.78, 5) is 2.33. The average Bonchev–Trinajstić information content (AvgIpc) is 2.51. The molecule has 0 aliphatic carbocycles. The van der Waals surface area contributed by atoms with E-state index in [-0.39, 0.29) is 0 Å². The third-order valence-corrected chi connectivity index (χ3v) is 4.02. The van der Waals surface area contributed by atoms with E-state index in [9.17, 15) is 0 Å². The van der Waals surface area contributed by atoms with Crippen LogP contribution in [0.3, 0.4) is 0 Å². The summed E-state index contributed by atoms with van der Waals surface area (Å²) >= 11 is 0. The van der Waals surface area contributed by atoms with E-state index in [2.05, 4.69) is 79.6 Å². The van der Waals surface area contributed by atoms with Gasteiger partial charge in [-0.05, 0) is 37.6 Å². The number of rotatable bonds is 6. The largest absolute Gasteiger partial charge is 0.370 e. The molecule has 0 bridgehead atoms. The number of nitrogens with one attached hydrogen (secondary N) is 1. The van der Waals surface area contributed by atoms with E-state index in [1.54, 1.807) is 0 Å². The Labute approximate surface area is 128 Å². The van der Waals surface area contributed by atoms with Gasteiger partial charge in [-0.3, -0.25) is 0 Å². The Morgan fingerprint density at radius 1 is 1.05 bits per heavy atom. The zero-order valence-electron chi connectivity index (χ0n) is 13.6. The van der Waals surface area contributed by atoms with Crippen LogP contribution < -0.4 is 10.2 Å². The van der Waals surface area contributed by atoms with Gasteiger partial charge in [0, 0.05) is 25.3 Å². The summed E-state index contributed by atoms with van der Waals surface area (Å²) in [5.41, 5.74) is 5.33. The van der Waals surface area contributed by atoms with Crippen molar-refractivity contribution in [1.29, 1.82) is 0 Å². The highest BCUT2D eigenvalue weighted by atomic mass is 15.1. The van der Waals surface area contributed by atoms with Crippen LogP contribution in [0.1, 0.15) is 36.1 Å². The van der Waals surface area contributed by atoms with E-state index in [0.717, 1.165) is 13.0 Å². The van der Waals surface area contributed by atoms with Crippen molar-refractivity contribution in [3.8, 4) is 0 Å². The maximum absolute atomic E-state index is 3.41. The predicted octanol–water partition coefficient (Wildman–Crippen LogP) is 4.30. The summed E-state index contributed by atoms with van der Waals surface area (Å²) < 4.78 is 0. The highest BCUT2D eigenvalue weighted by Gasteiger charge is 2.14. The van der Waals surface area contributed by atoms with Gasteiger partial charge in [-0.15, -0.1) is 0 Å². The molecule has 1 unspecified atom stereocenters. The van der Waals surface area contributed by atoms with Gasteiger partial charge in [0.1, 0.15) is 0 Å². The molecule has 21 heavy (non-hydrogen) atoms. The molecule has 0 heterocycles. The van der Waals surface area contributed by atoms with Crippen molar-refractivity contribution in [1.82, 2.24) is 5.32 Å². The Balaban J connectivity index is 2.22. The van der Waals surface area contributed by atoms with Crippen molar-refractivity contribution in [2.24, 2.45) is 0 Å². The lowest BCUT2D eigenvalue weighted by molar-refractivity contribution is 0.575. The Bertz CT molecular complexity index is 556. The highest BCUT2D eigenvalue weighted by Crippen LogP contribution is 2.28. The fourth-order valence-corrected chi connectivity index (χ4v) is 2.76. The second-order valence-corrected chi connectivity index (χ2v) is 5.65. The molecule has 0 amide bonds. The van der Waals surface area contributed by atoms with Crippen LogP contribution in [0.25, 0.3) is 0 Å². The van der Waals surface area contributed by atoms with Gasteiger partial charge in [-0.1, -0.05) is 55.0 Å². The fraction of sp³-hybridized carbons (Fsp3) is 0.368. The topological polar surface area (TPSA) is 15.3 Å². The fourth-order valence-electron chi connectivity index (χ4n) is 2.76. The van der Waals surface area contributed by atoms with Crippen LogP contribution in [-0.2, 0) is 6.54 Å². The summed E-state index contributed by atoms with van der Waals surface area (Å²) in [6.07, 6.45) is 1.09. The van der Waals surface area contributed by atoms with Crippen LogP contribution in [-0.4, -0.2) is 14.1 Å². The van der Waals surface area contributed by atoms with Crippen LogP contribution in [0, 0.1) is 6.92 Å². The van der Waals surface area contributed by atoms with Crippen molar-refractivity contribution in [3.63, 3.8) is 0 Å². The average molecular weight is 282 g/mol. The van der Waals surface area contributed by atoms with E-state index in [4.69, 9.17) is 0 Å². The van der Waals surface area contributed by atoms with Crippen molar-refractivity contribution in [2.75, 3.05) is 19.0 Å². The molecule has 0 saturated heterocycles. The Morgan fingerprint density at radius 2 is 1.71 bits per heavy atom. The molecule has 0 fully saturated rings. The van der Waals surface area contributed by atoms with Crippen LogP contribution in [0.4, 0.5) is 5.69 Å². The van der Waals surface area contributed by atoms with Gasteiger partial charge in [-0.25, -0.2) is 0 Å². The lowest BCUT2D eigenvalue weighted by Gasteiger charge is -2.26. The molecule has 1 atom stereocenters. The Hall–Kier alpha value is -1.80. The van der Waals surface area contributed by atoms with E-state index in [1.165, 1.54) is 22.4 Å². The van der Waals surface area contributed by atoms with Crippen molar-refractivity contribution >= 4 is 5.69 Å². The van der Waals surface area contributed by atoms with E-state index < -0.39 is 0 Å². The molecule has 0 aliphatic heterocycles. The minimum Gasteiger partial charge on any atom is -0.370 e. The monoisotopic (exact) mass is 282 g/mol. The summed E-state index contributed by atoms with van der Waals surface area (Å²) in [7, 11) is 4.20. The predicted molar refractivity (Wildman–Crippen MR) is 91.8 cm³/mol. The maximum Gasteiger partial charge on any atom is 0.0426 e. The first-order valence-corrected chi connectivity index (χ1v) is 7.68. The van der Waals surface area contributed by atoms with Crippen LogP contribution >= 0.6 is 0 Å². The van der Waals surface area contributed by atoms with Crippen molar-refractivity contribution in [2.45, 2.75) is 32.9 Å². The molecule has 2 aromatic rings. The van der Waals surface area contributed by atoms with Gasteiger partial charge in [0.15, 0.2) is 0 Å². The third-order valence-electron chi connectivity index (χ3n) is 4.02. The first-order valence-electron chi connectivity index (χ1n) is 7.68. The molecule has 2 nitrogen and oxygen atoms in total. The van der Waals surface area contributed by atoms with Crippen molar-refractivity contribution < 1.29 is 0 Å². The lowest BCUT2D eigenvalue weighted by Crippen LogP contribution is -2.22. The van der Waals surface area contributed by atoms with Gasteiger partial charge in [0.25, 0.3) is 0 Å². The molecule has 112 valence electrons. The standard InChI is InChI=1S/C19H26N2/c1-5-18(20-3)17-8-6-7-9-19(17)21(4)14-16-12-10-15(2)11-13-16/h6-13,18,20H,5,14H2,1-4H3. The van der Waals surface area contributed by atoms with E-state index in [1.807, 2.05) is 7.05 Å². The van der Waals surface area contributed by atoms with Crippen LogP contribution in [0.5, 0.6) is 0 Å². The number of aryl methyl sites for hydroxylation is 1. The maximum atomic E-state index is 3.41. The second-order valence-electron chi connectivity index (χ2n) is 5.65. The van der Waals surface area contributed by atoms with Gasteiger partial charge in [0.05, 0.1) is 0 Å². The summed E-state index contributed by atoms with van der Waals surface area (Å²) in [5.74, 6) is 0. The zero-order valence-corrected chi connectivity index (χ0v) is 13.6. The zero-order chi connectivity index (χ0) is 15.2. The second kappa shape index (κ2) is 7.28. The highest BCUT2D eigenvalue weighted by molar-refractivity contribution is 5.54. The molecule has 0 radical (unpaired) electrons. The number of hydrogen-bond acceptors (Lipinski definition) is 2. The molecule has 0 saturated carbocycles. The molecule has 2 rings (SSSR count). The van der Waals surface area contributed by atoms with Gasteiger partial charge >= 0.3 is 0 Å². The first kappa shape index (κ1) is 15.6. The number of para-hydroxylation sites is 1. The Kier molecular flexibility index (Phi) is 5.40. The molecule has 1 N–H and O–H groups in total. The summed E-state index contributed by atoms with van der Waals surface area (Å²) in [5, 5.41) is 3.41. The summed E-state index contributed by atoms with van der Waals surface area (Å²) in [6, 6.07) is 17.9. The van der Waals surface area contributed by atoms with E-state index >= 15 is 0 Å². The molecule has 2 aromatic carbocycles. The number of nitrogens with zero attached hydrogens (tertiary/aromatic N) is 1. The van der Waals surface area contributed by atoms with Crippen LogP contribution in [0.15, 0.2) is 48.5 Å². The first-order chi connectivity index (χ1) is 10.2. The molecule has 0 spiro atoms. The van der Waals surface area contributed by atoms with E-state index in [0.29, 0.717) is 6.04 Å². The number of benzene rings is 2. The minimum absolute atomic E-state index is 0.404. The summed E-state index contributed by atoms with van der Waals surface area (Å²) in [6.45, 7) is 5.27. The van der Waals surface area contributed by atoms with Gasteiger partial charge in [0.2, 0.25) is 0 Å². The SMILES string of the molecule is CCC(NC)c1ccccc1N(C)Cc1ccc(C)cc1. The normalized spacial score (nSPS) is 12.2. The molecule has 0 aromatic heterocycles. The lowest BCUT2D eigenvalue weighted by atomic mass is 10.0. The van der Waals surface area contributed by atoms with Crippen LogP contribution in [0.2, 0.25) is 0 Å². The molecule has 0 aliphatic rings. The Morgan fingerprint density at radius 3 is 2.33 bits per heavy atom. The number of anilines is 1. The molecular weight excluding hydrogens is 256 g/mol. The minimum atomic E-state index is 0.404. The third kappa shape index (κ3) is 3.85. The quantitative estimate of drug-likeness (QED) is 0.849. The van der Waals surface area contributed by atoms with Crippen molar-refractivity contribution in [3.05, 3.63) is 65.2 Å². The van der Waals surface area contributed by atoms with Gasteiger partial charge < -0.3 is 10.2 Å². The van der Waals surface area contributed by atoms with Gasteiger partial charge in [-0.2, -0.15) is 0 Å². The smallest absolute Gasteiger partial charge is 0.0426 e. The number of hydrogen-bond donors (Lipinski definition) is 1. The molecular formula is C19H26N2. The molecule has 2 heteroatoms.